The number of rotatable bonds is 3. The fraction of sp³-hybridized carbons (Fsp3) is 0.800. The van der Waals surface area contributed by atoms with E-state index in [1.54, 1.807) is 0 Å². The fourth-order valence-corrected chi connectivity index (χ4v) is 2.07. The molecule has 2 rings (SSSR count). The topological polar surface area (TPSA) is 67.6 Å². The lowest BCUT2D eigenvalue weighted by Gasteiger charge is -2.25. The van der Waals surface area contributed by atoms with Crippen LogP contribution >= 0.6 is 0 Å². The molecular weight excluding hydrogens is 210 g/mol. The summed E-state index contributed by atoms with van der Waals surface area (Å²) >= 11 is 0. The Balaban J connectivity index is 2.02. The zero-order chi connectivity index (χ0) is 11.4. The van der Waals surface area contributed by atoms with Gasteiger partial charge in [-0.25, -0.2) is 0 Å². The van der Waals surface area contributed by atoms with Crippen LogP contribution in [0.3, 0.4) is 0 Å². The van der Waals surface area contributed by atoms with Crippen LogP contribution in [0.1, 0.15) is 12.8 Å². The zero-order valence-electron chi connectivity index (χ0n) is 9.28. The first-order valence-electron chi connectivity index (χ1n) is 5.68. The van der Waals surface area contributed by atoms with Crippen molar-refractivity contribution in [3.63, 3.8) is 0 Å². The van der Waals surface area contributed by atoms with E-state index in [4.69, 9.17) is 4.74 Å². The van der Waals surface area contributed by atoms with Gasteiger partial charge in [0.05, 0.1) is 30.4 Å². The number of nitrogens with one attached hydrogen (secondary N) is 1. The van der Waals surface area contributed by atoms with E-state index in [1.165, 1.54) is 0 Å². The molecule has 0 aromatic heterocycles. The summed E-state index contributed by atoms with van der Waals surface area (Å²) in [7, 11) is 0. The molecule has 2 aliphatic heterocycles. The second kappa shape index (κ2) is 5.27. The lowest BCUT2D eigenvalue weighted by Crippen LogP contribution is -2.39. The van der Waals surface area contributed by atoms with Gasteiger partial charge >= 0.3 is 0 Å². The molecular formula is C10H17N3O3. The zero-order valence-corrected chi connectivity index (χ0v) is 9.28. The molecule has 16 heavy (non-hydrogen) atoms. The largest absolute Gasteiger partial charge is 0.383 e. The van der Waals surface area contributed by atoms with Crippen molar-refractivity contribution in [3.8, 4) is 0 Å². The van der Waals surface area contributed by atoms with E-state index >= 15 is 0 Å². The highest BCUT2D eigenvalue weighted by Crippen LogP contribution is 2.16. The number of hydrogen-bond acceptors (Lipinski definition) is 5. The van der Waals surface area contributed by atoms with Crippen molar-refractivity contribution >= 4 is 0 Å². The maximum atomic E-state index is 11.0. The van der Waals surface area contributed by atoms with Gasteiger partial charge in [-0.15, -0.1) is 0 Å². The summed E-state index contributed by atoms with van der Waals surface area (Å²) in [5.74, 6) is 0. The first-order chi connectivity index (χ1) is 7.77. The number of nitrogens with zero attached hydrogens (tertiary/aromatic N) is 2. The van der Waals surface area contributed by atoms with Crippen LogP contribution < -0.4 is 5.32 Å². The summed E-state index contributed by atoms with van der Waals surface area (Å²) in [6, 6.07) is 0. The van der Waals surface area contributed by atoms with Gasteiger partial charge in [-0.1, -0.05) is 0 Å². The van der Waals surface area contributed by atoms with Gasteiger partial charge in [0.1, 0.15) is 0 Å². The lowest BCUT2D eigenvalue weighted by atomic mass is 10.2. The molecule has 0 aromatic rings. The second-order valence-corrected chi connectivity index (χ2v) is 4.10. The first kappa shape index (κ1) is 11.3. The Kier molecular flexibility index (Phi) is 3.74. The molecule has 6 heteroatoms. The molecule has 2 heterocycles. The molecule has 0 atom stereocenters. The predicted molar refractivity (Wildman–Crippen MR) is 58.5 cm³/mol. The third kappa shape index (κ3) is 2.70. The van der Waals surface area contributed by atoms with Crippen LogP contribution in [-0.2, 0) is 4.74 Å². The Morgan fingerprint density at radius 3 is 2.81 bits per heavy atom. The van der Waals surface area contributed by atoms with Gasteiger partial charge in [-0.05, 0) is 12.8 Å². The Morgan fingerprint density at radius 1 is 1.50 bits per heavy atom. The third-order valence-electron chi connectivity index (χ3n) is 2.99. The van der Waals surface area contributed by atoms with E-state index in [2.05, 4.69) is 10.2 Å². The van der Waals surface area contributed by atoms with Crippen LogP contribution in [0, 0.1) is 10.1 Å². The van der Waals surface area contributed by atoms with Crippen molar-refractivity contribution in [2.75, 3.05) is 39.4 Å². The average molecular weight is 227 g/mol. The average Bonchev–Trinajstić information content (AvgIpc) is 2.80. The summed E-state index contributed by atoms with van der Waals surface area (Å²) in [5.41, 5.74) is 1.15. The van der Waals surface area contributed by atoms with E-state index in [1.807, 2.05) is 0 Å². The smallest absolute Gasteiger partial charge is 0.278 e. The molecule has 0 radical (unpaired) electrons. The van der Waals surface area contributed by atoms with Crippen molar-refractivity contribution in [1.29, 1.82) is 0 Å². The number of allylic oxidation sites excluding steroid dienone is 1. The van der Waals surface area contributed by atoms with Gasteiger partial charge in [0.25, 0.3) is 5.70 Å². The molecule has 1 N–H and O–H groups in total. The quantitative estimate of drug-likeness (QED) is 0.550. The number of ether oxygens (including phenoxy) is 1. The van der Waals surface area contributed by atoms with E-state index in [9.17, 15) is 10.1 Å². The minimum absolute atomic E-state index is 0.247. The minimum Gasteiger partial charge on any atom is -0.383 e. The Morgan fingerprint density at radius 2 is 2.25 bits per heavy atom. The standard InChI is InChI=1S/C10H17N3O3/c14-13(15)10(9-2-1-3-11-9)8-12-4-6-16-7-5-12/h11H,1-8H2/b10-9+. The van der Waals surface area contributed by atoms with E-state index < -0.39 is 0 Å². The summed E-state index contributed by atoms with van der Waals surface area (Å²) in [6.45, 7) is 4.20. The highest BCUT2D eigenvalue weighted by molar-refractivity contribution is 5.11. The maximum Gasteiger partial charge on any atom is 0.278 e. The molecule has 0 spiro atoms. The molecule has 0 saturated carbocycles. The van der Waals surface area contributed by atoms with Gasteiger partial charge < -0.3 is 10.1 Å². The molecule has 2 aliphatic rings. The van der Waals surface area contributed by atoms with Gasteiger partial charge in [-0.3, -0.25) is 15.0 Å². The maximum absolute atomic E-state index is 11.0. The number of nitro groups is 1. The van der Waals surface area contributed by atoms with Crippen molar-refractivity contribution < 1.29 is 9.66 Å². The molecule has 2 fully saturated rings. The molecule has 0 aliphatic carbocycles. The molecule has 90 valence electrons. The normalized spacial score (nSPS) is 25.2. The SMILES string of the molecule is O=[N+]([O-])/C(CN1CCOCC1)=C1\CCCN1. The highest BCUT2D eigenvalue weighted by atomic mass is 16.6. The minimum atomic E-state index is -0.247. The summed E-state index contributed by atoms with van der Waals surface area (Å²) in [4.78, 5) is 12.8. The van der Waals surface area contributed by atoms with Gasteiger partial charge in [-0.2, -0.15) is 0 Å². The van der Waals surface area contributed by atoms with Gasteiger partial charge in [0.2, 0.25) is 0 Å². The van der Waals surface area contributed by atoms with Crippen molar-refractivity contribution in [3.05, 3.63) is 21.5 Å². The molecule has 6 nitrogen and oxygen atoms in total. The van der Waals surface area contributed by atoms with Gasteiger partial charge in [0.15, 0.2) is 0 Å². The third-order valence-corrected chi connectivity index (χ3v) is 2.99. The molecule has 0 bridgehead atoms. The van der Waals surface area contributed by atoms with E-state index in [0.29, 0.717) is 25.5 Å². The summed E-state index contributed by atoms with van der Waals surface area (Å²) in [6.07, 6.45) is 1.80. The molecule has 0 amide bonds. The van der Waals surface area contributed by atoms with Gasteiger partial charge in [0, 0.05) is 19.6 Å². The fourth-order valence-electron chi connectivity index (χ4n) is 2.07. The van der Waals surface area contributed by atoms with Crippen molar-refractivity contribution in [2.45, 2.75) is 12.8 Å². The molecule has 0 unspecified atom stereocenters. The monoisotopic (exact) mass is 227 g/mol. The van der Waals surface area contributed by atoms with Crippen LogP contribution in [0.4, 0.5) is 0 Å². The second-order valence-electron chi connectivity index (χ2n) is 4.10. The van der Waals surface area contributed by atoms with E-state index in [-0.39, 0.29) is 4.92 Å². The summed E-state index contributed by atoms with van der Waals surface area (Å²) in [5, 5.41) is 14.1. The van der Waals surface area contributed by atoms with Crippen LogP contribution in [-0.4, -0.2) is 49.2 Å². The van der Waals surface area contributed by atoms with Crippen LogP contribution in [0.25, 0.3) is 0 Å². The molecule has 2 saturated heterocycles. The van der Waals surface area contributed by atoms with Crippen LogP contribution in [0.5, 0.6) is 0 Å². The summed E-state index contributed by atoms with van der Waals surface area (Å²) < 4.78 is 5.22. The van der Waals surface area contributed by atoms with Crippen molar-refractivity contribution in [2.24, 2.45) is 0 Å². The van der Waals surface area contributed by atoms with Crippen LogP contribution in [0.15, 0.2) is 11.4 Å². The number of morpholine rings is 1. The Hall–Kier alpha value is -1.14. The van der Waals surface area contributed by atoms with Crippen LogP contribution in [0.2, 0.25) is 0 Å². The Labute approximate surface area is 94.4 Å². The Bertz CT molecular complexity index is 290. The molecule has 0 aromatic carbocycles. The van der Waals surface area contributed by atoms with E-state index in [0.717, 1.165) is 38.2 Å². The lowest BCUT2D eigenvalue weighted by molar-refractivity contribution is -0.429. The highest BCUT2D eigenvalue weighted by Gasteiger charge is 2.24. The predicted octanol–water partition coefficient (Wildman–Crippen LogP) is 0.190. The van der Waals surface area contributed by atoms with Crippen molar-refractivity contribution in [1.82, 2.24) is 10.2 Å². The number of hydrogen-bond donors (Lipinski definition) is 1. The first-order valence-corrected chi connectivity index (χ1v) is 5.68.